The minimum Gasteiger partial charge on any atom is -0.324 e. The first kappa shape index (κ1) is 21.9. The summed E-state index contributed by atoms with van der Waals surface area (Å²) in [5.74, 6) is -0.408. The molecule has 0 aliphatic carbocycles. The predicted octanol–water partition coefficient (Wildman–Crippen LogP) is 4.86. The van der Waals surface area contributed by atoms with Crippen LogP contribution in [0.15, 0.2) is 82.6 Å². The maximum atomic E-state index is 13.4. The van der Waals surface area contributed by atoms with Crippen LogP contribution in [-0.4, -0.2) is 27.1 Å². The molecule has 0 atom stereocenters. The van der Waals surface area contributed by atoms with E-state index in [1.807, 2.05) is 50.4 Å². The second-order valence-electron chi connectivity index (χ2n) is 6.89. The van der Waals surface area contributed by atoms with Crippen LogP contribution in [0, 0.1) is 13.8 Å². The Hall–Kier alpha value is -2.77. The SMILES string of the molecule is CSc1ccc(S(=O)(=O)N(CC(=O)Nc2ccccc2C)c2ccc(C)cc2)cc1. The number of benzene rings is 3. The predicted molar refractivity (Wildman–Crippen MR) is 124 cm³/mol. The minimum atomic E-state index is -3.93. The van der Waals surface area contributed by atoms with Crippen molar-refractivity contribution in [2.45, 2.75) is 23.6 Å². The van der Waals surface area contributed by atoms with Crippen molar-refractivity contribution in [1.29, 1.82) is 0 Å². The molecular formula is C23H24N2O3S2. The highest BCUT2D eigenvalue weighted by Gasteiger charge is 2.27. The second-order valence-corrected chi connectivity index (χ2v) is 9.63. The number of anilines is 2. The third kappa shape index (κ3) is 5.04. The third-order valence-electron chi connectivity index (χ3n) is 4.68. The number of nitrogens with one attached hydrogen (secondary N) is 1. The van der Waals surface area contributed by atoms with Gasteiger partial charge in [-0.25, -0.2) is 8.42 Å². The summed E-state index contributed by atoms with van der Waals surface area (Å²) in [6.07, 6.45) is 1.93. The van der Waals surface area contributed by atoms with Crippen molar-refractivity contribution in [1.82, 2.24) is 0 Å². The Morgan fingerprint density at radius 2 is 1.57 bits per heavy atom. The van der Waals surface area contributed by atoms with E-state index in [0.717, 1.165) is 20.3 Å². The van der Waals surface area contributed by atoms with E-state index in [2.05, 4.69) is 5.32 Å². The average Bonchev–Trinajstić information content (AvgIpc) is 2.74. The van der Waals surface area contributed by atoms with Crippen LogP contribution in [0.2, 0.25) is 0 Å². The molecule has 0 aliphatic heterocycles. The van der Waals surface area contributed by atoms with Crippen LogP contribution in [0.3, 0.4) is 0 Å². The molecule has 0 fully saturated rings. The van der Waals surface area contributed by atoms with E-state index in [4.69, 9.17) is 0 Å². The van der Waals surface area contributed by atoms with Gasteiger partial charge < -0.3 is 5.32 Å². The zero-order chi connectivity index (χ0) is 21.7. The summed E-state index contributed by atoms with van der Waals surface area (Å²) in [5.41, 5.74) is 3.01. The standard InChI is InChI=1S/C23H24N2O3S2/c1-17-8-10-19(11-9-17)25(16-23(26)24-22-7-5-4-6-18(22)2)30(27,28)21-14-12-20(29-3)13-15-21/h4-15H,16H2,1-3H3,(H,24,26). The molecule has 156 valence electrons. The van der Waals surface area contributed by atoms with Gasteiger partial charge in [-0.3, -0.25) is 9.10 Å². The number of nitrogens with zero attached hydrogens (tertiary/aromatic N) is 1. The summed E-state index contributed by atoms with van der Waals surface area (Å²) in [6, 6.07) is 21.1. The maximum Gasteiger partial charge on any atom is 0.264 e. The molecule has 0 aromatic heterocycles. The van der Waals surface area contributed by atoms with Crippen molar-refractivity contribution >= 4 is 39.1 Å². The number of amides is 1. The summed E-state index contributed by atoms with van der Waals surface area (Å²) in [6.45, 7) is 3.48. The molecule has 3 rings (SSSR count). The highest BCUT2D eigenvalue weighted by atomic mass is 32.2. The van der Waals surface area contributed by atoms with Gasteiger partial charge in [0, 0.05) is 10.6 Å². The monoisotopic (exact) mass is 440 g/mol. The molecule has 0 saturated carbocycles. The van der Waals surface area contributed by atoms with Gasteiger partial charge in [0.15, 0.2) is 0 Å². The van der Waals surface area contributed by atoms with E-state index in [9.17, 15) is 13.2 Å². The summed E-state index contributed by atoms with van der Waals surface area (Å²) in [5, 5.41) is 2.82. The van der Waals surface area contributed by atoms with Crippen LogP contribution in [0.1, 0.15) is 11.1 Å². The van der Waals surface area contributed by atoms with Gasteiger partial charge in [-0.05, 0) is 68.1 Å². The fourth-order valence-electron chi connectivity index (χ4n) is 2.93. The lowest BCUT2D eigenvalue weighted by Crippen LogP contribution is -2.38. The quantitative estimate of drug-likeness (QED) is 0.533. The van der Waals surface area contributed by atoms with Crippen LogP contribution < -0.4 is 9.62 Å². The van der Waals surface area contributed by atoms with E-state index >= 15 is 0 Å². The Labute approximate surface area is 182 Å². The van der Waals surface area contributed by atoms with Gasteiger partial charge in [0.1, 0.15) is 6.54 Å². The molecule has 3 aromatic rings. The normalized spacial score (nSPS) is 11.2. The van der Waals surface area contributed by atoms with Gasteiger partial charge in [0.25, 0.3) is 10.0 Å². The molecule has 30 heavy (non-hydrogen) atoms. The van der Waals surface area contributed by atoms with E-state index in [0.29, 0.717) is 11.4 Å². The fraction of sp³-hybridized carbons (Fsp3) is 0.174. The Morgan fingerprint density at radius 3 is 2.17 bits per heavy atom. The van der Waals surface area contributed by atoms with Gasteiger partial charge in [-0.15, -0.1) is 11.8 Å². The van der Waals surface area contributed by atoms with Gasteiger partial charge >= 0.3 is 0 Å². The van der Waals surface area contributed by atoms with Crippen molar-refractivity contribution in [3.05, 3.63) is 83.9 Å². The number of aryl methyl sites for hydroxylation is 2. The van der Waals surface area contributed by atoms with Crippen LogP contribution >= 0.6 is 11.8 Å². The Kier molecular flexibility index (Phi) is 6.84. The highest BCUT2D eigenvalue weighted by molar-refractivity contribution is 7.98. The third-order valence-corrected chi connectivity index (χ3v) is 7.21. The molecule has 3 aromatic carbocycles. The lowest BCUT2D eigenvalue weighted by atomic mass is 10.2. The number of sulfonamides is 1. The number of thioether (sulfide) groups is 1. The van der Waals surface area contributed by atoms with E-state index in [1.165, 1.54) is 11.8 Å². The minimum absolute atomic E-state index is 0.143. The zero-order valence-electron chi connectivity index (χ0n) is 17.1. The van der Waals surface area contributed by atoms with Crippen LogP contribution in [0.4, 0.5) is 11.4 Å². The summed E-state index contributed by atoms with van der Waals surface area (Å²) < 4.78 is 28.0. The summed E-state index contributed by atoms with van der Waals surface area (Å²) >= 11 is 1.54. The summed E-state index contributed by atoms with van der Waals surface area (Å²) in [7, 11) is -3.93. The number of carbonyl (C=O) groups is 1. The van der Waals surface area contributed by atoms with Crippen LogP contribution in [-0.2, 0) is 14.8 Å². The Bertz CT molecular complexity index is 1130. The number of para-hydroxylation sites is 1. The van der Waals surface area contributed by atoms with Gasteiger partial charge in [-0.1, -0.05) is 35.9 Å². The molecule has 1 amide bonds. The molecule has 5 nitrogen and oxygen atoms in total. The van der Waals surface area contributed by atoms with Gasteiger partial charge in [0.2, 0.25) is 5.91 Å². The highest BCUT2D eigenvalue weighted by Crippen LogP contribution is 2.26. The fourth-order valence-corrected chi connectivity index (χ4v) is 4.76. The van der Waals surface area contributed by atoms with E-state index in [-0.39, 0.29) is 11.4 Å². The molecular weight excluding hydrogens is 416 g/mol. The largest absolute Gasteiger partial charge is 0.324 e. The Morgan fingerprint density at radius 1 is 0.933 bits per heavy atom. The zero-order valence-corrected chi connectivity index (χ0v) is 18.8. The van der Waals surface area contributed by atoms with Gasteiger partial charge in [-0.2, -0.15) is 0 Å². The van der Waals surface area contributed by atoms with Crippen LogP contribution in [0.25, 0.3) is 0 Å². The molecule has 0 heterocycles. The van der Waals surface area contributed by atoms with Crippen molar-refractivity contribution in [3.8, 4) is 0 Å². The first-order chi connectivity index (χ1) is 14.3. The number of rotatable bonds is 7. The molecule has 0 saturated heterocycles. The lowest BCUT2D eigenvalue weighted by Gasteiger charge is -2.24. The number of carbonyl (C=O) groups excluding carboxylic acids is 1. The maximum absolute atomic E-state index is 13.4. The average molecular weight is 441 g/mol. The van der Waals surface area contributed by atoms with Crippen LogP contribution in [0.5, 0.6) is 0 Å². The smallest absolute Gasteiger partial charge is 0.264 e. The van der Waals surface area contributed by atoms with E-state index in [1.54, 1.807) is 42.5 Å². The first-order valence-corrected chi connectivity index (χ1v) is 12.1. The molecule has 0 aliphatic rings. The lowest BCUT2D eigenvalue weighted by molar-refractivity contribution is -0.114. The molecule has 0 radical (unpaired) electrons. The second kappa shape index (κ2) is 9.36. The topological polar surface area (TPSA) is 66.5 Å². The molecule has 0 unspecified atom stereocenters. The summed E-state index contributed by atoms with van der Waals surface area (Å²) in [4.78, 5) is 13.9. The van der Waals surface area contributed by atoms with Gasteiger partial charge in [0.05, 0.1) is 10.6 Å². The molecule has 7 heteroatoms. The molecule has 1 N–H and O–H groups in total. The van der Waals surface area contributed by atoms with Crippen molar-refractivity contribution in [3.63, 3.8) is 0 Å². The Balaban J connectivity index is 1.94. The van der Waals surface area contributed by atoms with Crippen molar-refractivity contribution in [2.75, 3.05) is 22.4 Å². The number of hydrogen-bond donors (Lipinski definition) is 1. The number of hydrogen-bond acceptors (Lipinski definition) is 4. The van der Waals surface area contributed by atoms with E-state index < -0.39 is 15.9 Å². The molecule has 0 bridgehead atoms. The first-order valence-electron chi connectivity index (χ1n) is 9.40. The molecule has 0 spiro atoms. The van der Waals surface area contributed by atoms with Crippen molar-refractivity contribution < 1.29 is 13.2 Å². The van der Waals surface area contributed by atoms with Crippen molar-refractivity contribution in [2.24, 2.45) is 0 Å².